The van der Waals surface area contributed by atoms with Crippen LogP contribution in [0.4, 0.5) is 0 Å². The lowest BCUT2D eigenvalue weighted by molar-refractivity contribution is 0.414. The number of imidazole rings is 1. The first kappa shape index (κ1) is 14.6. The number of hydrogen-bond donors (Lipinski definition) is 1. The molecule has 20 heavy (non-hydrogen) atoms. The van der Waals surface area contributed by atoms with E-state index in [1.54, 1.807) is 7.11 Å². The van der Waals surface area contributed by atoms with Crippen LogP contribution in [0.15, 0.2) is 30.7 Å². The normalized spacial score (nSPS) is 12.4. The lowest BCUT2D eigenvalue weighted by Crippen LogP contribution is -2.24. The predicted molar refractivity (Wildman–Crippen MR) is 81.1 cm³/mol. The number of benzene rings is 1. The summed E-state index contributed by atoms with van der Waals surface area (Å²) in [5, 5.41) is 3.58. The van der Waals surface area contributed by atoms with Crippen molar-refractivity contribution in [3.8, 4) is 5.75 Å². The van der Waals surface area contributed by atoms with E-state index in [9.17, 15) is 0 Å². The lowest BCUT2D eigenvalue weighted by atomic mass is 9.98. The van der Waals surface area contributed by atoms with Gasteiger partial charge in [-0.2, -0.15) is 0 Å². The van der Waals surface area contributed by atoms with Crippen LogP contribution < -0.4 is 10.1 Å². The van der Waals surface area contributed by atoms with E-state index in [0.29, 0.717) is 0 Å². The van der Waals surface area contributed by atoms with Crippen LogP contribution in [0.25, 0.3) is 0 Å². The average Bonchev–Trinajstić information content (AvgIpc) is 2.87. The molecule has 1 heterocycles. The molecule has 108 valence electrons. The van der Waals surface area contributed by atoms with Gasteiger partial charge in [-0.3, -0.25) is 0 Å². The van der Waals surface area contributed by atoms with E-state index >= 15 is 0 Å². The highest BCUT2D eigenvalue weighted by Crippen LogP contribution is 2.26. The second-order valence-electron chi connectivity index (χ2n) is 5.07. The summed E-state index contributed by atoms with van der Waals surface area (Å²) in [6, 6.07) is 6.32. The monoisotopic (exact) mass is 273 g/mol. The van der Waals surface area contributed by atoms with Crippen LogP contribution in [0.2, 0.25) is 0 Å². The topological polar surface area (TPSA) is 39.1 Å². The molecule has 0 amide bonds. The Morgan fingerprint density at radius 1 is 1.40 bits per heavy atom. The minimum Gasteiger partial charge on any atom is -0.497 e. The van der Waals surface area contributed by atoms with Gasteiger partial charge in [-0.15, -0.1) is 0 Å². The van der Waals surface area contributed by atoms with Gasteiger partial charge < -0.3 is 14.6 Å². The Morgan fingerprint density at radius 3 is 2.75 bits per heavy atom. The molecular formula is C16H23N3O. The number of ether oxygens (including phenoxy) is 1. The fourth-order valence-corrected chi connectivity index (χ4v) is 2.34. The molecule has 0 aliphatic carbocycles. The van der Waals surface area contributed by atoms with Crippen LogP contribution in [0, 0.1) is 6.92 Å². The maximum atomic E-state index is 5.28. The van der Waals surface area contributed by atoms with Gasteiger partial charge in [0.15, 0.2) is 0 Å². The highest BCUT2D eigenvalue weighted by atomic mass is 16.5. The molecule has 0 aliphatic heterocycles. The smallest absolute Gasteiger partial charge is 0.119 e. The third kappa shape index (κ3) is 3.20. The summed E-state index contributed by atoms with van der Waals surface area (Å²) in [7, 11) is 3.69. The molecule has 2 rings (SSSR count). The fraction of sp³-hybridized carbons (Fsp3) is 0.438. The summed E-state index contributed by atoms with van der Waals surface area (Å²) in [6.45, 7) is 5.25. The standard InChI is InChI=1S/C16H23N3O/c1-5-8-17-16(15-10-19(3)11-18-15)14-7-6-13(20-4)9-12(14)2/h6-7,9-11,16-17H,5,8H2,1-4H3. The Balaban J connectivity index is 2.35. The van der Waals surface area contributed by atoms with Crippen molar-refractivity contribution in [3.63, 3.8) is 0 Å². The van der Waals surface area contributed by atoms with Gasteiger partial charge in [0.25, 0.3) is 0 Å². The molecule has 0 saturated heterocycles. The van der Waals surface area contributed by atoms with E-state index in [2.05, 4.69) is 42.5 Å². The first-order valence-electron chi connectivity index (χ1n) is 7.01. The van der Waals surface area contributed by atoms with Crippen LogP contribution in [-0.2, 0) is 7.05 Å². The molecule has 2 aromatic rings. The van der Waals surface area contributed by atoms with Crippen molar-refractivity contribution in [1.29, 1.82) is 0 Å². The van der Waals surface area contributed by atoms with Gasteiger partial charge in [-0.05, 0) is 43.1 Å². The van der Waals surface area contributed by atoms with Crippen LogP contribution in [0.5, 0.6) is 5.75 Å². The zero-order chi connectivity index (χ0) is 14.5. The summed E-state index contributed by atoms with van der Waals surface area (Å²) in [5.41, 5.74) is 3.51. The third-order valence-corrected chi connectivity index (χ3v) is 3.41. The zero-order valence-corrected chi connectivity index (χ0v) is 12.7. The molecule has 0 aliphatic rings. The molecule has 0 saturated carbocycles. The van der Waals surface area contributed by atoms with E-state index in [-0.39, 0.29) is 6.04 Å². The second kappa shape index (κ2) is 6.57. The van der Waals surface area contributed by atoms with Gasteiger partial charge in [-0.25, -0.2) is 4.98 Å². The molecule has 1 atom stereocenters. The summed E-state index contributed by atoms with van der Waals surface area (Å²) >= 11 is 0. The molecule has 0 spiro atoms. The van der Waals surface area contributed by atoms with Gasteiger partial charge in [0.1, 0.15) is 5.75 Å². The van der Waals surface area contributed by atoms with Gasteiger partial charge in [0.05, 0.1) is 25.2 Å². The summed E-state index contributed by atoms with van der Waals surface area (Å²) in [5.74, 6) is 0.890. The molecule has 1 aromatic carbocycles. The van der Waals surface area contributed by atoms with Crippen LogP contribution >= 0.6 is 0 Å². The minimum absolute atomic E-state index is 0.127. The van der Waals surface area contributed by atoms with E-state index < -0.39 is 0 Å². The Morgan fingerprint density at radius 2 is 2.20 bits per heavy atom. The Hall–Kier alpha value is -1.81. The first-order valence-corrected chi connectivity index (χ1v) is 7.01. The van der Waals surface area contributed by atoms with Crippen LogP contribution in [0.3, 0.4) is 0 Å². The van der Waals surface area contributed by atoms with E-state index in [1.807, 2.05) is 24.0 Å². The molecular weight excluding hydrogens is 250 g/mol. The number of nitrogens with one attached hydrogen (secondary N) is 1. The number of aryl methyl sites for hydroxylation is 2. The first-order chi connectivity index (χ1) is 9.65. The van der Waals surface area contributed by atoms with Crippen molar-refractivity contribution < 1.29 is 4.74 Å². The average molecular weight is 273 g/mol. The van der Waals surface area contributed by atoms with Crippen molar-refractivity contribution >= 4 is 0 Å². The van der Waals surface area contributed by atoms with E-state index in [1.165, 1.54) is 11.1 Å². The van der Waals surface area contributed by atoms with Gasteiger partial charge in [0.2, 0.25) is 0 Å². The number of hydrogen-bond acceptors (Lipinski definition) is 3. The van der Waals surface area contributed by atoms with Crippen LogP contribution in [-0.4, -0.2) is 23.2 Å². The van der Waals surface area contributed by atoms with Crippen molar-refractivity contribution in [2.24, 2.45) is 7.05 Å². The van der Waals surface area contributed by atoms with Crippen molar-refractivity contribution in [1.82, 2.24) is 14.9 Å². The summed E-state index contributed by atoms with van der Waals surface area (Å²) in [6.07, 6.45) is 5.00. The molecule has 0 bridgehead atoms. The second-order valence-corrected chi connectivity index (χ2v) is 5.07. The highest BCUT2D eigenvalue weighted by molar-refractivity contribution is 5.39. The number of methoxy groups -OCH3 is 1. The van der Waals surface area contributed by atoms with E-state index in [4.69, 9.17) is 4.74 Å². The molecule has 4 heteroatoms. The largest absolute Gasteiger partial charge is 0.497 e. The molecule has 1 unspecified atom stereocenters. The number of aromatic nitrogens is 2. The zero-order valence-electron chi connectivity index (χ0n) is 12.7. The lowest BCUT2D eigenvalue weighted by Gasteiger charge is -2.19. The summed E-state index contributed by atoms with van der Waals surface area (Å²) in [4.78, 5) is 4.50. The summed E-state index contributed by atoms with van der Waals surface area (Å²) < 4.78 is 7.26. The molecule has 1 N–H and O–H groups in total. The Labute approximate surface area is 120 Å². The van der Waals surface area contributed by atoms with Crippen molar-refractivity contribution in [2.45, 2.75) is 26.3 Å². The third-order valence-electron chi connectivity index (χ3n) is 3.41. The van der Waals surface area contributed by atoms with Crippen molar-refractivity contribution in [3.05, 3.63) is 47.5 Å². The quantitative estimate of drug-likeness (QED) is 0.879. The molecule has 4 nitrogen and oxygen atoms in total. The SMILES string of the molecule is CCCNC(c1cn(C)cn1)c1ccc(OC)cc1C. The number of nitrogens with zero attached hydrogens (tertiary/aromatic N) is 2. The molecule has 0 radical (unpaired) electrons. The highest BCUT2D eigenvalue weighted by Gasteiger charge is 2.18. The van der Waals surface area contributed by atoms with Gasteiger partial charge >= 0.3 is 0 Å². The van der Waals surface area contributed by atoms with Gasteiger partial charge in [-0.1, -0.05) is 13.0 Å². The Kier molecular flexibility index (Phi) is 4.79. The fourth-order valence-electron chi connectivity index (χ4n) is 2.34. The Bertz CT molecular complexity index is 563. The number of rotatable bonds is 6. The maximum Gasteiger partial charge on any atom is 0.119 e. The van der Waals surface area contributed by atoms with Gasteiger partial charge in [0, 0.05) is 13.2 Å². The predicted octanol–water partition coefficient (Wildman–Crippen LogP) is 2.83. The molecule has 1 aromatic heterocycles. The van der Waals surface area contributed by atoms with E-state index in [0.717, 1.165) is 24.4 Å². The van der Waals surface area contributed by atoms with Crippen LogP contribution in [0.1, 0.15) is 36.2 Å². The maximum absolute atomic E-state index is 5.28. The van der Waals surface area contributed by atoms with Crippen molar-refractivity contribution in [2.75, 3.05) is 13.7 Å². The minimum atomic E-state index is 0.127. The molecule has 0 fully saturated rings.